The van der Waals surface area contributed by atoms with E-state index >= 15 is 0 Å². The lowest BCUT2D eigenvalue weighted by molar-refractivity contribution is -0.116. The van der Waals surface area contributed by atoms with Gasteiger partial charge in [0.05, 0.1) is 28.5 Å². The Kier molecular flexibility index (Phi) is 6.26. The average molecular weight is 339 g/mol. The number of hydrogen-bond acceptors (Lipinski definition) is 3. The summed E-state index contributed by atoms with van der Waals surface area (Å²) in [6.45, 7) is 1.87. The molecule has 0 bridgehead atoms. The second-order valence-electron chi connectivity index (χ2n) is 4.25. The lowest BCUT2D eigenvalue weighted by atomic mass is 10.3. The number of hydrogen-bond donors (Lipinski definition) is 1. The van der Waals surface area contributed by atoms with Crippen LogP contribution in [-0.2, 0) is 14.8 Å². The molecule has 0 unspecified atom stereocenters. The van der Waals surface area contributed by atoms with Gasteiger partial charge >= 0.3 is 0 Å². The van der Waals surface area contributed by atoms with Crippen LogP contribution in [0.1, 0.15) is 13.3 Å². The van der Waals surface area contributed by atoms with E-state index in [1.807, 2.05) is 6.92 Å². The van der Waals surface area contributed by atoms with E-state index in [0.29, 0.717) is 17.1 Å². The molecule has 0 atom stereocenters. The number of halogens is 2. The fraction of sp³-hybridized carbons (Fsp3) is 0.417. The van der Waals surface area contributed by atoms with Crippen molar-refractivity contribution >= 4 is 44.8 Å². The molecule has 0 saturated carbocycles. The largest absolute Gasteiger partial charge is 0.324 e. The Morgan fingerprint density at radius 2 is 2.00 bits per heavy atom. The predicted molar refractivity (Wildman–Crippen MR) is 81.8 cm³/mol. The normalized spacial score (nSPS) is 11.7. The molecule has 1 N–H and O–H groups in total. The number of sulfonamides is 1. The highest BCUT2D eigenvalue weighted by molar-refractivity contribution is 7.88. The highest BCUT2D eigenvalue weighted by Crippen LogP contribution is 2.29. The molecule has 0 heterocycles. The number of nitrogens with zero attached hydrogens (tertiary/aromatic N) is 1. The third-order valence-corrected chi connectivity index (χ3v) is 4.56. The molecule has 112 valence electrons. The van der Waals surface area contributed by atoms with Gasteiger partial charge in [-0.1, -0.05) is 36.2 Å². The first-order valence-corrected chi connectivity index (χ1v) is 8.55. The minimum absolute atomic E-state index is 0.226. The maximum atomic E-state index is 11.9. The van der Waals surface area contributed by atoms with E-state index in [4.69, 9.17) is 23.2 Å². The summed E-state index contributed by atoms with van der Waals surface area (Å²) in [7, 11) is -3.42. The van der Waals surface area contributed by atoms with Crippen LogP contribution in [-0.4, -0.2) is 38.0 Å². The molecule has 1 aromatic carbocycles. The van der Waals surface area contributed by atoms with Crippen LogP contribution in [0.25, 0.3) is 0 Å². The molecule has 5 nitrogen and oxygen atoms in total. The van der Waals surface area contributed by atoms with E-state index in [0.717, 1.165) is 10.6 Å². The standard InChI is InChI=1S/C12H16Cl2N2O3S/c1-3-7-16(20(2,18)19)8-11(17)15-10-6-4-5-9(13)12(10)14/h4-6H,3,7-8H2,1-2H3,(H,15,17). The van der Waals surface area contributed by atoms with Gasteiger partial charge in [-0.05, 0) is 18.6 Å². The summed E-state index contributed by atoms with van der Waals surface area (Å²) in [5.74, 6) is -0.465. The zero-order valence-electron chi connectivity index (χ0n) is 11.2. The van der Waals surface area contributed by atoms with Crippen molar-refractivity contribution in [2.45, 2.75) is 13.3 Å². The SMILES string of the molecule is CCCN(CC(=O)Nc1cccc(Cl)c1Cl)S(C)(=O)=O. The van der Waals surface area contributed by atoms with Gasteiger partial charge in [-0.25, -0.2) is 8.42 Å². The minimum atomic E-state index is -3.42. The average Bonchev–Trinajstić information content (AvgIpc) is 2.33. The van der Waals surface area contributed by atoms with Crippen LogP contribution in [0.2, 0.25) is 10.0 Å². The van der Waals surface area contributed by atoms with E-state index < -0.39 is 15.9 Å². The van der Waals surface area contributed by atoms with Gasteiger partial charge in [0.2, 0.25) is 15.9 Å². The van der Waals surface area contributed by atoms with Crippen molar-refractivity contribution in [2.24, 2.45) is 0 Å². The number of carbonyl (C=O) groups excluding carboxylic acids is 1. The first kappa shape index (κ1) is 17.2. The van der Waals surface area contributed by atoms with Crippen LogP contribution < -0.4 is 5.32 Å². The van der Waals surface area contributed by atoms with E-state index in [1.165, 1.54) is 0 Å². The second-order valence-corrected chi connectivity index (χ2v) is 7.01. The molecule has 1 rings (SSSR count). The van der Waals surface area contributed by atoms with Crippen LogP contribution in [0.15, 0.2) is 18.2 Å². The van der Waals surface area contributed by atoms with Gasteiger partial charge in [0.1, 0.15) is 0 Å². The van der Waals surface area contributed by atoms with Crippen molar-refractivity contribution in [1.29, 1.82) is 0 Å². The number of anilines is 1. The summed E-state index contributed by atoms with van der Waals surface area (Å²) in [6.07, 6.45) is 1.70. The van der Waals surface area contributed by atoms with Gasteiger partial charge in [-0.15, -0.1) is 0 Å². The number of nitrogens with one attached hydrogen (secondary N) is 1. The molecule has 0 spiro atoms. The molecule has 1 amide bonds. The molecule has 0 aliphatic rings. The van der Waals surface area contributed by atoms with Crippen molar-refractivity contribution in [3.05, 3.63) is 28.2 Å². The van der Waals surface area contributed by atoms with Crippen LogP contribution in [0.4, 0.5) is 5.69 Å². The summed E-state index contributed by atoms with van der Waals surface area (Å²) in [5, 5.41) is 3.09. The monoisotopic (exact) mass is 338 g/mol. The molecule has 20 heavy (non-hydrogen) atoms. The van der Waals surface area contributed by atoms with Crippen LogP contribution >= 0.6 is 23.2 Å². The molecule has 1 aromatic rings. The van der Waals surface area contributed by atoms with Crippen molar-refractivity contribution in [3.63, 3.8) is 0 Å². The number of rotatable bonds is 6. The fourth-order valence-corrected chi connectivity index (χ4v) is 2.78. The lowest BCUT2D eigenvalue weighted by Crippen LogP contribution is -2.37. The maximum Gasteiger partial charge on any atom is 0.239 e. The Labute approximate surface area is 128 Å². The van der Waals surface area contributed by atoms with E-state index in [9.17, 15) is 13.2 Å². The molecule has 0 aliphatic heterocycles. The van der Waals surface area contributed by atoms with Gasteiger partial charge in [0, 0.05) is 6.54 Å². The molecular weight excluding hydrogens is 323 g/mol. The Hall–Kier alpha value is -0.820. The van der Waals surface area contributed by atoms with Gasteiger partial charge in [-0.2, -0.15) is 4.31 Å². The van der Waals surface area contributed by atoms with Crippen molar-refractivity contribution in [3.8, 4) is 0 Å². The summed E-state index contributed by atoms with van der Waals surface area (Å²) in [6, 6.07) is 4.83. The van der Waals surface area contributed by atoms with Gasteiger partial charge < -0.3 is 5.32 Å². The van der Waals surface area contributed by atoms with Gasteiger partial charge in [0.25, 0.3) is 0 Å². The zero-order valence-corrected chi connectivity index (χ0v) is 13.5. The lowest BCUT2D eigenvalue weighted by Gasteiger charge is -2.18. The Morgan fingerprint density at radius 1 is 1.35 bits per heavy atom. The summed E-state index contributed by atoms with van der Waals surface area (Å²) in [4.78, 5) is 11.9. The molecule has 0 aliphatic carbocycles. The predicted octanol–water partition coefficient (Wildman–Crippen LogP) is 2.60. The van der Waals surface area contributed by atoms with E-state index in [2.05, 4.69) is 5.32 Å². The molecule has 8 heteroatoms. The Balaban J connectivity index is 2.78. The first-order chi connectivity index (χ1) is 9.25. The summed E-state index contributed by atoms with van der Waals surface area (Å²) >= 11 is 11.8. The molecule has 0 aromatic heterocycles. The smallest absolute Gasteiger partial charge is 0.239 e. The van der Waals surface area contributed by atoms with E-state index in [1.54, 1.807) is 18.2 Å². The highest BCUT2D eigenvalue weighted by atomic mass is 35.5. The third-order valence-electron chi connectivity index (χ3n) is 2.49. The molecule has 0 saturated heterocycles. The van der Waals surface area contributed by atoms with Crippen molar-refractivity contribution < 1.29 is 13.2 Å². The fourth-order valence-electron chi connectivity index (χ4n) is 1.56. The topological polar surface area (TPSA) is 66.5 Å². The maximum absolute atomic E-state index is 11.9. The Bertz CT molecular complexity index is 590. The number of amides is 1. The highest BCUT2D eigenvalue weighted by Gasteiger charge is 2.19. The van der Waals surface area contributed by atoms with Crippen LogP contribution in [0.3, 0.4) is 0 Å². The van der Waals surface area contributed by atoms with Crippen LogP contribution in [0, 0.1) is 0 Å². The van der Waals surface area contributed by atoms with Crippen LogP contribution in [0.5, 0.6) is 0 Å². The van der Waals surface area contributed by atoms with E-state index in [-0.39, 0.29) is 18.1 Å². The summed E-state index contributed by atoms with van der Waals surface area (Å²) in [5.41, 5.74) is 0.356. The number of carbonyl (C=O) groups is 1. The third kappa shape index (κ3) is 4.94. The van der Waals surface area contributed by atoms with Gasteiger partial charge in [-0.3, -0.25) is 4.79 Å². The second kappa shape index (κ2) is 7.26. The Morgan fingerprint density at radius 3 is 2.55 bits per heavy atom. The van der Waals surface area contributed by atoms with Crippen molar-refractivity contribution in [1.82, 2.24) is 4.31 Å². The molecule has 0 radical (unpaired) electrons. The quantitative estimate of drug-likeness (QED) is 0.866. The van der Waals surface area contributed by atoms with Crippen molar-refractivity contribution in [2.75, 3.05) is 24.7 Å². The summed E-state index contributed by atoms with van der Waals surface area (Å²) < 4.78 is 24.2. The molecular formula is C12H16Cl2N2O3S. The first-order valence-electron chi connectivity index (χ1n) is 5.94. The number of benzene rings is 1. The van der Waals surface area contributed by atoms with Gasteiger partial charge in [0.15, 0.2) is 0 Å². The minimum Gasteiger partial charge on any atom is -0.324 e. The molecule has 0 fully saturated rings. The zero-order chi connectivity index (χ0) is 15.3.